The molecule has 0 radical (unpaired) electrons. The molecule has 0 bridgehead atoms. The number of amides is 1. The average Bonchev–Trinajstić information content (AvgIpc) is 2.95. The Kier molecular flexibility index (Phi) is 7.84. The van der Waals surface area contributed by atoms with E-state index in [9.17, 15) is 4.79 Å². The van der Waals surface area contributed by atoms with E-state index in [1.165, 1.54) is 18.4 Å². The number of hydrogen-bond acceptors (Lipinski definition) is 5. The first-order chi connectivity index (χ1) is 18.8. The number of carbonyl (C=O) groups is 1. The Morgan fingerprint density at radius 1 is 1.00 bits per heavy atom. The fourth-order valence-corrected chi connectivity index (χ4v) is 5.26. The van der Waals surface area contributed by atoms with E-state index in [4.69, 9.17) is 4.98 Å². The second kappa shape index (κ2) is 11.5. The van der Waals surface area contributed by atoms with Gasteiger partial charge in [-0.3, -0.25) is 14.7 Å². The number of nitrogens with one attached hydrogen (secondary N) is 1. The maximum absolute atomic E-state index is 13.1. The second-order valence-electron chi connectivity index (χ2n) is 11.4. The summed E-state index contributed by atoms with van der Waals surface area (Å²) >= 11 is 0. The Morgan fingerprint density at radius 3 is 2.46 bits per heavy atom. The largest absolute Gasteiger partial charge is 0.322 e. The molecular weight excluding hydrogens is 482 g/mol. The lowest BCUT2D eigenvalue weighted by Crippen LogP contribution is -2.45. The number of nitrogens with zero attached hydrogens (tertiary/aromatic N) is 4. The van der Waals surface area contributed by atoms with E-state index in [1.54, 1.807) is 18.6 Å². The van der Waals surface area contributed by atoms with Gasteiger partial charge in [0.2, 0.25) is 0 Å². The smallest absolute Gasteiger partial charge is 0.255 e. The highest BCUT2D eigenvalue weighted by atomic mass is 16.1. The number of pyridine rings is 1. The highest BCUT2D eigenvalue weighted by Crippen LogP contribution is 2.31. The Hall–Kier alpha value is -3.90. The first kappa shape index (κ1) is 26.7. The van der Waals surface area contributed by atoms with Crippen LogP contribution < -0.4 is 5.32 Å². The van der Waals surface area contributed by atoms with Crippen LogP contribution in [0.3, 0.4) is 0 Å². The van der Waals surface area contributed by atoms with Gasteiger partial charge in [0.25, 0.3) is 5.91 Å². The SMILES string of the molecule is Cc1ccc(C(=O)Nc2ccc(C3CCN(C(C)(C)C)CC3)cc2)cc1Cc1nccc(-c2cccnc2)n1. The molecule has 1 aliphatic heterocycles. The molecule has 0 aliphatic carbocycles. The van der Waals surface area contributed by atoms with Crippen molar-refractivity contribution in [3.05, 3.63) is 107 Å². The third-order valence-electron chi connectivity index (χ3n) is 7.71. The molecule has 0 atom stereocenters. The van der Waals surface area contributed by atoms with Gasteiger partial charge in [0.15, 0.2) is 0 Å². The highest BCUT2D eigenvalue weighted by molar-refractivity contribution is 6.04. The second-order valence-corrected chi connectivity index (χ2v) is 11.4. The van der Waals surface area contributed by atoms with E-state index in [0.717, 1.165) is 41.2 Å². The Bertz CT molecular complexity index is 1420. The van der Waals surface area contributed by atoms with Crippen LogP contribution in [0.5, 0.6) is 0 Å². The number of hydrogen-bond donors (Lipinski definition) is 1. The van der Waals surface area contributed by atoms with Gasteiger partial charge in [-0.25, -0.2) is 9.97 Å². The van der Waals surface area contributed by atoms with Crippen molar-refractivity contribution in [2.45, 2.75) is 58.4 Å². The summed E-state index contributed by atoms with van der Waals surface area (Å²) in [6.07, 6.45) is 8.20. The molecule has 1 N–H and O–H groups in total. The lowest BCUT2D eigenvalue weighted by Gasteiger charge is -2.41. The molecular formula is C33H37N5O. The number of rotatable bonds is 6. The first-order valence-electron chi connectivity index (χ1n) is 13.7. The lowest BCUT2D eigenvalue weighted by molar-refractivity contribution is 0.102. The molecule has 0 unspecified atom stereocenters. The summed E-state index contributed by atoms with van der Waals surface area (Å²) < 4.78 is 0. The van der Waals surface area contributed by atoms with Crippen molar-refractivity contribution in [2.75, 3.05) is 18.4 Å². The number of anilines is 1. The van der Waals surface area contributed by atoms with Gasteiger partial charge < -0.3 is 5.32 Å². The number of carbonyl (C=O) groups excluding carboxylic acids is 1. The number of piperidine rings is 1. The van der Waals surface area contributed by atoms with Crippen LogP contribution in [-0.4, -0.2) is 44.4 Å². The average molecular weight is 520 g/mol. The third kappa shape index (κ3) is 6.58. The molecule has 1 amide bonds. The van der Waals surface area contributed by atoms with Gasteiger partial charge >= 0.3 is 0 Å². The molecule has 2 aromatic heterocycles. The zero-order valence-electron chi connectivity index (χ0n) is 23.3. The Labute approximate surface area is 231 Å². The minimum Gasteiger partial charge on any atom is -0.322 e. The summed E-state index contributed by atoms with van der Waals surface area (Å²) in [5, 5.41) is 3.07. The third-order valence-corrected chi connectivity index (χ3v) is 7.71. The van der Waals surface area contributed by atoms with Crippen LogP contribution in [0.4, 0.5) is 5.69 Å². The van der Waals surface area contributed by atoms with Gasteiger partial charge in [-0.05, 0) is 119 Å². The van der Waals surface area contributed by atoms with Crippen LogP contribution in [0.15, 0.2) is 79.3 Å². The molecule has 1 saturated heterocycles. The normalized spacial score (nSPS) is 14.8. The summed E-state index contributed by atoms with van der Waals surface area (Å²) in [6.45, 7) is 11.2. The molecule has 39 heavy (non-hydrogen) atoms. The van der Waals surface area contributed by atoms with E-state index < -0.39 is 0 Å². The van der Waals surface area contributed by atoms with Crippen LogP contribution in [-0.2, 0) is 6.42 Å². The van der Waals surface area contributed by atoms with Crippen LogP contribution in [0.2, 0.25) is 0 Å². The summed E-state index contributed by atoms with van der Waals surface area (Å²) in [7, 11) is 0. The van der Waals surface area contributed by atoms with Gasteiger partial charge in [0.05, 0.1) is 5.69 Å². The van der Waals surface area contributed by atoms with Gasteiger partial charge in [-0.15, -0.1) is 0 Å². The minimum atomic E-state index is -0.118. The molecule has 2 aromatic carbocycles. The monoisotopic (exact) mass is 519 g/mol. The van der Waals surface area contributed by atoms with Gasteiger partial charge in [-0.2, -0.15) is 0 Å². The van der Waals surface area contributed by atoms with Gasteiger partial charge in [0.1, 0.15) is 5.82 Å². The molecule has 0 spiro atoms. The topological polar surface area (TPSA) is 71.0 Å². The van der Waals surface area contributed by atoms with Gasteiger partial charge in [-0.1, -0.05) is 18.2 Å². The predicted molar refractivity (Wildman–Crippen MR) is 157 cm³/mol. The first-order valence-corrected chi connectivity index (χ1v) is 13.7. The van der Waals surface area contributed by atoms with Crippen molar-refractivity contribution in [1.29, 1.82) is 0 Å². The Morgan fingerprint density at radius 2 is 1.77 bits per heavy atom. The van der Waals surface area contributed by atoms with Crippen molar-refractivity contribution in [1.82, 2.24) is 19.9 Å². The fourth-order valence-electron chi connectivity index (χ4n) is 5.26. The molecule has 5 rings (SSSR count). The summed E-state index contributed by atoms with van der Waals surface area (Å²) in [5.41, 5.74) is 6.93. The maximum Gasteiger partial charge on any atom is 0.255 e. The van der Waals surface area contributed by atoms with E-state index in [-0.39, 0.29) is 11.4 Å². The zero-order chi connectivity index (χ0) is 27.4. The zero-order valence-corrected chi connectivity index (χ0v) is 23.3. The number of aryl methyl sites for hydroxylation is 1. The predicted octanol–water partition coefficient (Wildman–Crippen LogP) is 6.67. The van der Waals surface area contributed by atoms with Crippen molar-refractivity contribution >= 4 is 11.6 Å². The minimum absolute atomic E-state index is 0.118. The van der Waals surface area contributed by atoms with Crippen LogP contribution in [0, 0.1) is 6.92 Å². The number of likely N-dealkylation sites (tertiary alicyclic amines) is 1. The van der Waals surface area contributed by atoms with Crippen molar-refractivity contribution in [3.8, 4) is 11.3 Å². The highest BCUT2D eigenvalue weighted by Gasteiger charge is 2.27. The number of benzene rings is 2. The van der Waals surface area contributed by atoms with E-state index in [1.807, 2.05) is 55.5 Å². The quantitative estimate of drug-likeness (QED) is 0.308. The summed E-state index contributed by atoms with van der Waals surface area (Å²) in [5.74, 6) is 1.17. The van der Waals surface area contributed by atoms with Crippen LogP contribution in [0.25, 0.3) is 11.3 Å². The molecule has 6 heteroatoms. The lowest BCUT2D eigenvalue weighted by atomic mass is 9.87. The van der Waals surface area contributed by atoms with Crippen molar-refractivity contribution in [3.63, 3.8) is 0 Å². The Balaban J connectivity index is 1.23. The molecule has 6 nitrogen and oxygen atoms in total. The standard InChI is InChI=1S/C33H37N5O/c1-23-7-8-26(20-28(23)21-31-35-17-13-30(37-31)27-6-5-16-34-22-27)32(39)36-29-11-9-24(10-12-29)25-14-18-38(19-15-25)33(2,3)4/h5-13,16-17,20,22,25H,14-15,18-19,21H2,1-4H3,(H,36,39). The molecule has 200 valence electrons. The molecule has 1 aliphatic rings. The maximum atomic E-state index is 13.1. The molecule has 3 heterocycles. The molecule has 0 saturated carbocycles. The number of aromatic nitrogens is 3. The molecule has 1 fully saturated rings. The van der Waals surface area contributed by atoms with Gasteiger partial charge in [0, 0.05) is 47.4 Å². The van der Waals surface area contributed by atoms with E-state index >= 15 is 0 Å². The van der Waals surface area contributed by atoms with Crippen LogP contribution in [0.1, 0.15) is 72.4 Å². The van der Waals surface area contributed by atoms with Crippen molar-refractivity contribution in [2.24, 2.45) is 0 Å². The van der Waals surface area contributed by atoms with E-state index in [0.29, 0.717) is 23.7 Å². The summed E-state index contributed by atoms with van der Waals surface area (Å²) in [6, 6.07) is 20.0. The molecule has 4 aromatic rings. The van der Waals surface area contributed by atoms with Crippen molar-refractivity contribution < 1.29 is 4.79 Å². The summed E-state index contributed by atoms with van der Waals surface area (Å²) in [4.78, 5) is 29.1. The van der Waals surface area contributed by atoms with E-state index in [2.05, 4.69) is 53.1 Å². The van der Waals surface area contributed by atoms with Crippen LogP contribution >= 0.6 is 0 Å². The fraction of sp³-hybridized carbons (Fsp3) is 0.333.